The van der Waals surface area contributed by atoms with Crippen LogP contribution in [0.2, 0.25) is 0 Å². The van der Waals surface area contributed by atoms with Gasteiger partial charge in [-0.3, -0.25) is 4.79 Å². The van der Waals surface area contributed by atoms with Crippen molar-refractivity contribution in [2.24, 2.45) is 5.92 Å². The molecule has 1 atom stereocenters. The Hall–Kier alpha value is -1.35. The van der Waals surface area contributed by atoms with Gasteiger partial charge in [0.05, 0.1) is 0 Å². The normalized spacial score (nSPS) is 18.1. The first kappa shape index (κ1) is 12.1. The molecule has 0 aliphatic heterocycles. The molecule has 92 valence electrons. The number of hydrogen-bond donors (Lipinski definition) is 2. The SMILES string of the molecule is O=C(O)C(NCc1ccccc1)C1CCCC1. The first-order valence-electron chi connectivity index (χ1n) is 6.27. The van der Waals surface area contributed by atoms with Crippen LogP contribution in [0.15, 0.2) is 30.3 Å². The fraction of sp³-hybridized carbons (Fsp3) is 0.500. The van der Waals surface area contributed by atoms with Gasteiger partial charge in [0.2, 0.25) is 0 Å². The summed E-state index contributed by atoms with van der Waals surface area (Å²) in [6.45, 7) is 0.633. The summed E-state index contributed by atoms with van der Waals surface area (Å²) < 4.78 is 0. The summed E-state index contributed by atoms with van der Waals surface area (Å²) in [5.41, 5.74) is 1.14. The molecule has 0 aromatic heterocycles. The third-order valence-electron chi connectivity index (χ3n) is 3.51. The zero-order valence-electron chi connectivity index (χ0n) is 9.93. The number of carbonyl (C=O) groups is 1. The molecule has 1 aliphatic carbocycles. The Morgan fingerprint density at radius 3 is 2.53 bits per heavy atom. The van der Waals surface area contributed by atoms with Crippen LogP contribution in [-0.2, 0) is 11.3 Å². The third kappa shape index (κ3) is 3.30. The molecule has 1 aromatic rings. The Kier molecular flexibility index (Phi) is 4.15. The summed E-state index contributed by atoms with van der Waals surface area (Å²) in [5.74, 6) is -0.413. The Morgan fingerprint density at radius 2 is 1.94 bits per heavy atom. The number of carboxylic acid groups (broad SMARTS) is 1. The van der Waals surface area contributed by atoms with Crippen molar-refractivity contribution in [1.29, 1.82) is 0 Å². The molecule has 0 bridgehead atoms. The number of rotatable bonds is 5. The Morgan fingerprint density at radius 1 is 1.29 bits per heavy atom. The largest absolute Gasteiger partial charge is 0.480 e. The molecule has 1 aliphatic rings. The van der Waals surface area contributed by atoms with Crippen LogP contribution in [0.3, 0.4) is 0 Å². The quantitative estimate of drug-likeness (QED) is 0.821. The average molecular weight is 233 g/mol. The molecule has 1 aromatic carbocycles. The lowest BCUT2D eigenvalue weighted by molar-refractivity contribution is -0.141. The van der Waals surface area contributed by atoms with E-state index in [1.54, 1.807) is 0 Å². The molecule has 1 saturated carbocycles. The van der Waals surface area contributed by atoms with Crippen LogP contribution in [0.4, 0.5) is 0 Å². The van der Waals surface area contributed by atoms with Gasteiger partial charge in [-0.05, 0) is 24.3 Å². The summed E-state index contributed by atoms with van der Waals surface area (Å²) in [7, 11) is 0. The third-order valence-corrected chi connectivity index (χ3v) is 3.51. The predicted molar refractivity (Wildman–Crippen MR) is 66.7 cm³/mol. The van der Waals surface area contributed by atoms with Gasteiger partial charge in [0.1, 0.15) is 6.04 Å². The second-order valence-electron chi connectivity index (χ2n) is 4.73. The molecule has 1 fully saturated rings. The molecule has 3 nitrogen and oxygen atoms in total. The van der Waals surface area contributed by atoms with Crippen molar-refractivity contribution in [1.82, 2.24) is 5.32 Å². The van der Waals surface area contributed by atoms with Crippen LogP contribution in [0, 0.1) is 5.92 Å². The molecule has 1 unspecified atom stereocenters. The molecule has 3 heteroatoms. The lowest BCUT2D eigenvalue weighted by atomic mass is 9.98. The number of carboxylic acids is 1. The minimum atomic E-state index is -0.715. The molecular weight excluding hydrogens is 214 g/mol. The summed E-state index contributed by atoms with van der Waals surface area (Å²) >= 11 is 0. The lowest BCUT2D eigenvalue weighted by Gasteiger charge is -2.20. The molecular formula is C14H19NO2. The highest BCUT2D eigenvalue weighted by Gasteiger charge is 2.29. The van der Waals surface area contributed by atoms with Gasteiger partial charge in [-0.2, -0.15) is 0 Å². The zero-order valence-corrected chi connectivity index (χ0v) is 9.93. The van der Waals surface area contributed by atoms with E-state index < -0.39 is 12.0 Å². The fourth-order valence-corrected chi connectivity index (χ4v) is 2.57. The van der Waals surface area contributed by atoms with Crippen molar-refractivity contribution in [3.63, 3.8) is 0 Å². The van der Waals surface area contributed by atoms with Gasteiger partial charge in [-0.1, -0.05) is 43.2 Å². The van der Waals surface area contributed by atoms with Crippen molar-refractivity contribution >= 4 is 5.97 Å². The lowest BCUT2D eigenvalue weighted by Crippen LogP contribution is -2.41. The van der Waals surface area contributed by atoms with Gasteiger partial charge < -0.3 is 10.4 Å². The highest BCUT2D eigenvalue weighted by molar-refractivity contribution is 5.73. The molecule has 17 heavy (non-hydrogen) atoms. The van der Waals surface area contributed by atoms with Crippen LogP contribution in [0.5, 0.6) is 0 Å². The fourth-order valence-electron chi connectivity index (χ4n) is 2.57. The van der Waals surface area contributed by atoms with Crippen molar-refractivity contribution in [2.45, 2.75) is 38.3 Å². The Labute approximate surface area is 102 Å². The second-order valence-corrected chi connectivity index (χ2v) is 4.73. The van der Waals surface area contributed by atoms with E-state index in [0.717, 1.165) is 18.4 Å². The average Bonchev–Trinajstić information content (AvgIpc) is 2.84. The Balaban J connectivity index is 1.92. The number of aliphatic carboxylic acids is 1. The van der Waals surface area contributed by atoms with Crippen LogP contribution in [-0.4, -0.2) is 17.1 Å². The van der Waals surface area contributed by atoms with Crippen molar-refractivity contribution < 1.29 is 9.90 Å². The van der Waals surface area contributed by atoms with Crippen LogP contribution < -0.4 is 5.32 Å². The van der Waals surface area contributed by atoms with E-state index in [-0.39, 0.29) is 0 Å². The number of nitrogens with one attached hydrogen (secondary N) is 1. The molecule has 0 spiro atoms. The van der Waals surface area contributed by atoms with Gasteiger partial charge in [-0.25, -0.2) is 0 Å². The molecule has 2 rings (SSSR count). The zero-order chi connectivity index (χ0) is 12.1. The van der Waals surface area contributed by atoms with Gasteiger partial charge >= 0.3 is 5.97 Å². The van der Waals surface area contributed by atoms with Crippen LogP contribution in [0.1, 0.15) is 31.2 Å². The van der Waals surface area contributed by atoms with Crippen molar-refractivity contribution in [2.75, 3.05) is 0 Å². The number of benzene rings is 1. The highest BCUT2D eigenvalue weighted by Crippen LogP contribution is 2.28. The van der Waals surface area contributed by atoms with Crippen LogP contribution >= 0.6 is 0 Å². The molecule has 0 radical (unpaired) electrons. The number of hydrogen-bond acceptors (Lipinski definition) is 2. The van der Waals surface area contributed by atoms with Crippen LogP contribution in [0.25, 0.3) is 0 Å². The monoisotopic (exact) mass is 233 g/mol. The van der Waals surface area contributed by atoms with E-state index in [1.165, 1.54) is 12.8 Å². The van der Waals surface area contributed by atoms with Crippen molar-refractivity contribution in [3.05, 3.63) is 35.9 Å². The molecule has 0 heterocycles. The minimum absolute atomic E-state index is 0.302. The minimum Gasteiger partial charge on any atom is -0.480 e. The molecule has 2 N–H and O–H groups in total. The van der Waals surface area contributed by atoms with Gasteiger partial charge in [0.25, 0.3) is 0 Å². The first-order valence-corrected chi connectivity index (χ1v) is 6.27. The van der Waals surface area contributed by atoms with Gasteiger partial charge in [0.15, 0.2) is 0 Å². The Bertz CT molecular complexity index is 358. The maximum Gasteiger partial charge on any atom is 0.320 e. The van der Waals surface area contributed by atoms with E-state index in [1.807, 2.05) is 30.3 Å². The van der Waals surface area contributed by atoms with E-state index in [2.05, 4.69) is 5.32 Å². The summed E-state index contributed by atoms with van der Waals surface area (Å²) in [5, 5.41) is 12.4. The van der Waals surface area contributed by atoms with E-state index in [9.17, 15) is 9.90 Å². The van der Waals surface area contributed by atoms with Gasteiger partial charge in [0, 0.05) is 6.54 Å². The van der Waals surface area contributed by atoms with E-state index >= 15 is 0 Å². The maximum absolute atomic E-state index is 11.2. The molecule has 0 amide bonds. The predicted octanol–water partition coefficient (Wildman–Crippen LogP) is 2.42. The van der Waals surface area contributed by atoms with Gasteiger partial charge in [-0.15, -0.1) is 0 Å². The summed E-state index contributed by atoms with van der Waals surface area (Å²) in [6.07, 6.45) is 4.42. The first-order chi connectivity index (χ1) is 8.27. The highest BCUT2D eigenvalue weighted by atomic mass is 16.4. The topological polar surface area (TPSA) is 49.3 Å². The van der Waals surface area contributed by atoms with E-state index in [0.29, 0.717) is 12.5 Å². The smallest absolute Gasteiger partial charge is 0.320 e. The van der Waals surface area contributed by atoms with Crippen molar-refractivity contribution in [3.8, 4) is 0 Å². The maximum atomic E-state index is 11.2. The summed E-state index contributed by atoms with van der Waals surface area (Å²) in [4.78, 5) is 11.2. The standard InChI is InChI=1S/C14H19NO2/c16-14(17)13(12-8-4-5-9-12)15-10-11-6-2-1-3-7-11/h1-3,6-7,12-13,15H,4-5,8-10H2,(H,16,17). The van der Waals surface area contributed by atoms with E-state index in [4.69, 9.17) is 0 Å². The second kappa shape index (κ2) is 5.82. The summed E-state index contributed by atoms with van der Waals surface area (Å²) in [6, 6.07) is 9.55. The molecule has 0 saturated heterocycles.